The molecule has 2 unspecified atom stereocenters. The van der Waals surface area contributed by atoms with E-state index in [9.17, 15) is 8.42 Å². The van der Waals surface area contributed by atoms with Crippen molar-refractivity contribution in [1.82, 2.24) is 14.3 Å². The van der Waals surface area contributed by atoms with Gasteiger partial charge in [0.15, 0.2) is 0 Å². The fraction of sp³-hybridized carbons (Fsp3) is 1.00. The molecule has 1 fully saturated rings. The minimum atomic E-state index is -3.40. The van der Waals surface area contributed by atoms with Crippen LogP contribution in [0.5, 0.6) is 0 Å². The second-order valence-corrected chi connectivity index (χ2v) is 6.55. The molecule has 2 atom stereocenters. The van der Waals surface area contributed by atoms with Crippen LogP contribution in [0.25, 0.3) is 0 Å². The molecule has 1 saturated heterocycles. The highest BCUT2D eigenvalue weighted by molar-refractivity contribution is 7.87. The van der Waals surface area contributed by atoms with Crippen molar-refractivity contribution >= 4 is 10.2 Å². The Balaban J connectivity index is 2.41. The van der Waals surface area contributed by atoms with Gasteiger partial charge in [0.2, 0.25) is 0 Å². The maximum Gasteiger partial charge on any atom is 0.279 e. The summed E-state index contributed by atoms with van der Waals surface area (Å²) >= 11 is 0. The Kier molecular flexibility index (Phi) is 6.51. The van der Waals surface area contributed by atoms with E-state index in [1.165, 1.54) is 4.31 Å². The Morgan fingerprint density at radius 1 is 1.50 bits per heavy atom. The molecular formula is C11H25N3O3S. The predicted molar refractivity (Wildman–Crippen MR) is 71.7 cm³/mol. The highest BCUT2D eigenvalue weighted by Crippen LogP contribution is 2.16. The molecule has 1 rings (SSSR count). The van der Waals surface area contributed by atoms with Crippen molar-refractivity contribution in [2.24, 2.45) is 0 Å². The summed E-state index contributed by atoms with van der Waals surface area (Å²) in [5.74, 6) is 0. The molecule has 0 saturated carbocycles. The Bertz CT molecular complexity index is 328. The molecule has 0 aliphatic carbocycles. The molecule has 0 spiro atoms. The third kappa shape index (κ3) is 4.81. The standard InChI is InChI=1S/C11H25N3O3S/c1-10(11-6-4-9-17-11)13-18(15,16)14(3)8-5-7-12-2/h10-13H,4-9H2,1-3H3. The fourth-order valence-electron chi connectivity index (χ4n) is 2.00. The normalized spacial score (nSPS) is 22.6. The molecular weight excluding hydrogens is 254 g/mol. The van der Waals surface area contributed by atoms with E-state index >= 15 is 0 Å². The van der Waals surface area contributed by atoms with Crippen molar-refractivity contribution in [1.29, 1.82) is 0 Å². The van der Waals surface area contributed by atoms with Crippen LogP contribution in [0.4, 0.5) is 0 Å². The molecule has 1 aliphatic rings. The first-order valence-corrected chi connectivity index (χ1v) is 7.91. The van der Waals surface area contributed by atoms with Crippen LogP contribution in [-0.2, 0) is 14.9 Å². The maximum absolute atomic E-state index is 12.0. The van der Waals surface area contributed by atoms with Crippen molar-refractivity contribution < 1.29 is 13.2 Å². The van der Waals surface area contributed by atoms with Gasteiger partial charge in [0.05, 0.1) is 6.10 Å². The predicted octanol–water partition coefficient (Wildman–Crippen LogP) is -0.0704. The summed E-state index contributed by atoms with van der Waals surface area (Å²) in [6, 6.07) is -0.177. The van der Waals surface area contributed by atoms with Gasteiger partial charge >= 0.3 is 0 Å². The van der Waals surface area contributed by atoms with E-state index in [0.29, 0.717) is 6.54 Å². The Morgan fingerprint density at radius 3 is 2.78 bits per heavy atom. The molecule has 108 valence electrons. The highest BCUT2D eigenvalue weighted by atomic mass is 32.2. The summed E-state index contributed by atoms with van der Waals surface area (Å²) in [7, 11) is 0.0490. The van der Waals surface area contributed by atoms with Crippen LogP contribution in [0.2, 0.25) is 0 Å². The quantitative estimate of drug-likeness (QED) is 0.610. The largest absolute Gasteiger partial charge is 0.377 e. The number of hydrogen-bond donors (Lipinski definition) is 2. The first-order chi connectivity index (χ1) is 8.47. The van der Waals surface area contributed by atoms with Gasteiger partial charge in [0.25, 0.3) is 10.2 Å². The summed E-state index contributed by atoms with van der Waals surface area (Å²) in [5.41, 5.74) is 0. The van der Waals surface area contributed by atoms with Crippen LogP contribution < -0.4 is 10.0 Å². The van der Waals surface area contributed by atoms with Gasteiger partial charge in [-0.1, -0.05) is 0 Å². The van der Waals surface area contributed by atoms with Crippen LogP contribution in [-0.4, -0.2) is 58.7 Å². The fourth-order valence-corrected chi connectivity index (χ4v) is 3.17. The zero-order chi connectivity index (χ0) is 13.6. The lowest BCUT2D eigenvalue weighted by Crippen LogP contribution is -2.47. The third-order valence-electron chi connectivity index (χ3n) is 3.17. The van der Waals surface area contributed by atoms with E-state index in [2.05, 4.69) is 10.0 Å². The van der Waals surface area contributed by atoms with Crippen LogP contribution in [0, 0.1) is 0 Å². The molecule has 18 heavy (non-hydrogen) atoms. The molecule has 7 heteroatoms. The van der Waals surface area contributed by atoms with E-state index < -0.39 is 10.2 Å². The number of ether oxygens (including phenoxy) is 1. The minimum Gasteiger partial charge on any atom is -0.377 e. The molecule has 1 aliphatic heterocycles. The first kappa shape index (κ1) is 15.8. The summed E-state index contributed by atoms with van der Waals surface area (Å²) in [6.45, 7) is 3.90. The minimum absolute atomic E-state index is 0.00508. The smallest absolute Gasteiger partial charge is 0.279 e. The van der Waals surface area contributed by atoms with E-state index in [1.807, 2.05) is 14.0 Å². The summed E-state index contributed by atoms with van der Waals surface area (Å²) < 4.78 is 33.6. The molecule has 0 aromatic heterocycles. The van der Waals surface area contributed by atoms with E-state index in [-0.39, 0.29) is 12.1 Å². The van der Waals surface area contributed by atoms with Gasteiger partial charge in [0.1, 0.15) is 0 Å². The summed E-state index contributed by atoms with van der Waals surface area (Å²) in [5, 5.41) is 3.00. The van der Waals surface area contributed by atoms with Gasteiger partial charge < -0.3 is 10.1 Å². The van der Waals surface area contributed by atoms with Crippen LogP contribution >= 0.6 is 0 Å². The Hall–Kier alpha value is -0.210. The second-order valence-electron chi connectivity index (χ2n) is 4.74. The SMILES string of the molecule is CNCCCN(C)S(=O)(=O)NC(C)C1CCCO1. The topological polar surface area (TPSA) is 70.7 Å². The van der Waals surface area contributed by atoms with Crippen molar-refractivity contribution in [2.45, 2.75) is 38.3 Å². The zero-order valence-corrected chi connectivity index (χ0v) is 12.3. The van der Waals surface area contributed by atoms with Crippen LogP contribution in [0.15, 0.2) is 0 Å². The van der Waals surface area contributed by atoms with Crippen LogP contribution in [0.1, 0.15) is 26.2 Å². The Morgan fingerprint density at radius 2 is 2.22 bits per heavy atom. The van der Waals surface area contributed by atoms with Gasteiger partial charge in [-0.15, -0.1) is 0 Å². The van der Waals surface area contributed by atoms with E-state index in [1.54, 1.807) is 7.05 Å². The summed E-state index contributed by atoms with van der Waals surface area (Å²) in [4.78, 5) is 0. The van der Waals surface area contributed by atoms with E-state index in [0.717, 1.165) is 32.4 Å². The van der Waals surface area contributed by atoms with Crippen molar-refractivity contribution in [3.63, 3.8) is 0 Å². The monoisotopic (exact) mass is 279 g/mol. The third-order valence-corrected chi connectivity index (χ3v) is 4.84. The lowest BCUT2D eigenvalue weighted by atomic mass is 10.1. The van der Waals surface area contributed by atoms with Crippen molar-refractivity contribution in [2.75, 3.05) is 33.8 Å². The maximum atomic E-state index is 12.0. The van der Waals surface area contributed by atoms with Crippen molar-refractivity contribution in [3.05, 3.63) is 0 Å². The highest BCUT2D eigenvalue weighted by Gasteiger charge is 2.27. The molecule has 0 radical (unpaired) electrons. The van der Waals surface area contributed by atoms with E-state index in [4.69, 9.17) is 4.74 Å². The molecule has 0 aromatic carbocycles. The number of nitrogens with zero attached hydrogens (tertiary/aromatic N) is 1. The molecule has 1 heterocycles. The number of nitrogens with one attached hydrogen (secondary N) is 2. The average molecular weight is 279 g/mol. The molecule has 0 amide bonds. The number of hydrogen-bond acceptors (Lipinski definition) is 4. The zero-order valence-electron chi connectivity index (χ0n) is 11.5. The second kappa shape index (κ2) is 7.40. The average Bonchev–Trinajstić information content (AvgIpc) is 2.82. The van der Waals surface area contributed by atoms with Gasteiger partial charge in [-0.25, -0.2) is 0 Å². The van der Waals surface area contributed by atoms with Gasteiger partial charge in [0, 0.05) is 26.2 Å². The van der Waals surface area contributed by atoms with Gasteiger partial charge in [-0.05, 0) is 39.8 Å². The lowest BCUT2D eigenvalue weighted by molar-refractivity contribution is 0.0897. The molecule has 2 N–H and O–H groups in total. The molecule has 0 bridgehead atoms. The lowest BCUT2D eigenvalue weighted by Gasteiger charge is -2.24. The van der Waals surface area contributed by atoms with Gasteiger partial charge in [-0.2, -0.15) is 17.4 Å². The Labute approximate surface area is 110 Å². The van der Waals surface area contributed by atoms with Crippen molar-refractivity contribution in [3.8, 4) is 0 Å². The summed E-state index contributed by atoms with van der Waals surface area (Å²) in [6.07, 6.45) is 2.73. The van der Waals surface area contributed by atoms with Gasteiger partial charge in [-0.3, -0.25) is 0 Å². The molecule has 6 nitrogen and oxygen atoms in total. The molecule has 0 aromatic rings. The first-order valence-electron chi connectivity index (χ1n) is 6.47. The van der Waals surface area contributed by atoms with Crippen LogP contribution in [0.3, 0.4) is 0 Å². The number of rotatable bonds is 8.